The van der Waals surface area contributed by atoms with E-state index in [2.05, 4.69) is 34.6 Å². The number of hydrogen-bond donors (Lipinski definition) is 1. The van der Waals surface area contributed by atoms with E-state index < -0.39 is 0 Å². The number of nitrogens with one attached hydrogen (secondary N) is 1. The molecular formula is C22H23N5OS. The molecule has 1 N–H and O–H groups in total. The number of para-hydroxylation sites is 2. The molecule has 0 saturated heterocycles. The molecule has 148 valence electrons. The molecule has 0 fully saturated rings. The Morgan fingerprint density at radius 3 is 2.69 bits per heavy atom. The number of aromatic nitrogens is 4. The van der Waals surface area contributed by atoms with Gasteiger partial charge in [-0.1, -0.05) is 49.4 Å². The van der Waals surface area contributed by atoms with E-state index in [1.54, 1.807) is 0 Å². The summed E-state index contributed by atoms with van der Waals surface area (Å²) in [6.07, 6.45) is 3.43. The van der Waals surface area contributed by atoms with Crippen molar-refractivity contribution < 1.29 is 4.79 Å². The maximum absolute atomic E-state index is 12.4. The fourth-order valence-electron chi connectivity index (χ4n) is 3.26. The van der Waals surface area contributed by atoms with Crippen LogP contribution < -0.4 is 5.32 Å². The highest BCUT2D eigenvalue weighted by molar-refractivity contribution is 8.00. The van der Waals surface area contributed by atoms with Crippen LogP contribution in [-0.2, 0) is 11.2 Å². The lowest BCUT2D eigenvalue weighted by Crippen LogP contribution is -2.14. The van der Waals surface area contributed by atoms with Gasteiger partial charge in [0.05, 0.1) is 16.8 Å². The topological polar surface area (TPSA) is 72.2 Å². The smallest absolute Gasteiger partial charge is 0.234 e. The fraction of sp³-hybridized carbons (Fsp3) is 0.273. The quantitative estimate of drug-likeness (QED) is 0.453. The van der Waals surface area contributed by atoms with Crippen LogP contribution >= 0.6 is 11.8 Å². The SMILES string of the molecule is CCCCc1ccc(NC(=O)CSc2nc3ccccc3n3c(C)nnc23)cc1. The van der Waals surface area contributed by atoms with Gasteiger partial charge in [-0.05, 0) is 49.6 Å². The maximum Gasteiger partial charge on any atom is 0.234 e. The Kier molecular flexibility index (Phi) is 5.76. The predicted octanol–water partition coefficient (Wildman–Crippen LogP) is 4.66. The Hall–Kier alpha value is -2.93. The van der Waals surface area contributed by atoms with Gasteiger partial charge >= 0.3 is 0 Å². The van der Waals surface area contributed by atoms with Crippen molar-refractivity contribution in [1.29, 1.82) is 0 Å². The van der Waals surface area contributed by atoms with Crippen molar-refractivity contribution in [3.8, 4) is 0 Å². The summed E-state index contributed by atoms with van der Waals surface area (Å²) in [5, 5.41) is 12.1. The van der Waals surface area contributed by atoms with E-state index in [1.807, 2.05) is 47.7 Å². The molecule has 0 aliphatic carbocycles. The molecule has 0 radical (unpaired) electrons. The average molecular weight is 406 g/mol. The summed E-state index contributed by atoms with van der Waals surface area (Å²) in [7, 11) is 0. The number of benzene rings is 2. The second-order valence-corrected chi connectivity index (χ2v) is 7.91. The third-order valence-electron chi connectivity index (χ3n) is 4.76. The van der Waals surface area contributed by atoms with Crippen molar-refractivity contribution in [3.63, 3.8) is 0 Å². The second kappa shape index (κ2) is 8.61. The molecule has 0 bridgehead atoms. The Bertz CT molecular complexity index is 1150. The highest BCUT2D eigenvalue weighted by Gasteiger charge is 2.14. The number of rotatable bonds is 7. The summed E-state index contributed by atoms with van der Waals surface area (Å²) in [6, 6.07) is 15.9. The van der Waals surface area contributed by atoms with Crippen LogP contribution in [0.5, 0.6) is 0 Å². The molecule has 2 heterocycles. The van der Waals surface area contributed by atoms with Gasteiger partial charge in [-0.15, -0.1) is 10.2 Å². The second-order valence-electron chi connectivity index (χ2n) is 6.95. The molecule has 6 nitrogen and oxygen atoms in total. The Labute approximate surface area is 173 Å². The van der Waals surface area contributed by atoms with Crippen molar-refractivity contribution in [2.45, 2.75) is 38.1 Å². The van der Waals surface area contributed by atoms with Crippen molar-refractivity contribution >= 4 is 40.0 Å². The summed E-state index contributed by atoms with van der Waals surface area (Å²) in [4.78, 5) is 17.1. The fourth-order valence-corrected chi connectivity index (χ4v) is 4.02. The first-order chi connectivity index (χ1) is 14.2. The molecule has 4 rings (SSSR count). The normalized spacial score (nSPS) is 11.2. The van der Waals surface area contributed by atoms with Gasteiger partial charge in [-0.3, -0.25) is 9.20 Å². The van der Waals surface area contributed by atoms with Crippen LogP contribution in [-0.4, -0.2) is 31.2 Å². The number of aryl methyl sites for hydroxylation is 2. The largest absolute Gasteiger partial charge is 0.325 e. The molecule has 0 aliphatic heterocycles. The third kappa shape index (κ3) is 4.24. The lowest BCUT2D eigenvalue weighted by atomic mass is 10.1. The van der Waals surface area contributed by atoms with Crippen LogP contribution in [0.15, 0.2) is 53.6 Å². The van der Waals surface area contributed by atoms with Gasteiger partial charge in [0.1, 0.15) is 10.9 Å². The molecule has 2 aromatic heterocycles. The number of carbonyl (C=O) groups is 1. The molecule has 0 unspecified atom stereocenters. The lowest BCUT2D eigenvalue weighted by molar-refractivity contribution is -0.113. The minimum absolute atomic E-state index is 0.0688. The van der Waals surface area contributed by atoms with E-state index in [9.17, 15) is 4.79 Å². The van der Waals surface area contributed by atoms with Crippen molar-refractivity contribution in [3.05, 3.63) is 59.9 Å². The third-order valence-corrected chi connectivity index (χ3v) is 5.71. The number of carbonyl (C=O) groups excluding carboxylic acids is 1. The molecule has 0 atom stereocenters. The van der Waals surface area contributed by atoms with Gasteiger partial charge < -0.3 is 5.32 Å². The van der Waals surface area contributed by atoms with Crippen LogP contribution in [0.25, 0.3) is 16.7 Å². The first-order valence-corrected chi connectivity index (χ1v) is 10.8. The van der Waals surface area contributed by atoms with E-state index in [1.165, 1.54) is 30.2 Å². The minimum Gasteiger partial charge on any atom is -0.325 e. The van der Waals surface area contributed by atoms with E-state index in [4.69, 9.17) is 4.98 Å². The summed E-state index contributed by atoms with van der Waals surface area (Å²) >= 11 is 1.37. The number of thioether (sulfide) groups is 1. The molecule has 4 aromatic rings. The van der Waals surface area contributed by atoms with Gasteiger partial charge in [-0.2, -0.15) is 0 Å². The summed E-state index contributed by atoms with van der Waals surface area (Å²) < 4.78 is 1.98. The van der Waals surface area contributed by atoms with E-state index in [-0.39, 0.29) is 11.7 Å². The zero-order chi connectivity index (χ0) is 20.2. The Balaban J connectivity index is 1.47. The molecular weight excluding hydrogens is 382 g/mol. The molecule has 7 heteroatoms. The van der Waals surface area contributed by atoms with Crippen LogP contribution in [0.1, 0.15) is 31.2 Å². The van der Waals surface area contributed by atoms with Gasteiger partial charge in [-0.25, -0.2) is 4.98 Å². The number of nitrogens with zero attached hydrogens (tertiary/aromatic N) is 4. The summed E-state index contributed by atoms with van der Waals surface area (Å²) in [6.45, 7) is 4.10. The highest BCUT2D eigenvalue weighted by atomic mass is 32.2. The first kappa shape index (κ1) is 19.4. The summed E-state index contributed by atoms with van der Waals surface area (Å²) in [5.41, 5.74) is 4.60. The van der Waals surface area contributed by atoms with E-state index in [0.29, 0.717) is 10.7 Å². The zero-order valence-electron chi connectivity index (χ0n) is 16.6. The van der Waals surface area contributed by atoms with Crippen LogP contribution in [0.2, 0.25) is 0 Å². The zero-order valence-corrected chi connectivity index (χ0v) is 17.4. The van der Waals surface area contributed by atoms with Gasteiger partial charge in [0.2, 0.25) is 5.91 Å². The van der Waals surface area contributed by atoms with Gasteiger partial charge in [0, 0.05) is 5.69 Å². The van der Waals surface area contributed by atoms with Gasteiger partial charge in [0.15, 0.2) is 5.65 Å². The van der Waals surface area contributed by atoms with Crippen molar-refractivity contribution in [2.75, 3.05) is 11.1 Å². The van der Waals surface area contributed by atoms with Crippen LogP contribution in [0.3, 0.4) is 0 Å². The monoisotopic (exact) mass is 405 g/mol. The minimum atomic E-state index is -0.0688. The van der Waals surface area contributed by atoms with Gasteiger partial charge in [0.25, 0.3) is 0 Å². The summed E-state index contributed by atoms with van der Waals surface area (Å²) in [5.74, 6) is 0.985. The Morgan fingerprint density at radius 1 is 1.10 bits per heavy atom. The van der Waals surface area contributed by atoms with Crippen molar-refractivity contribution in [1.82, 2.24) is 19.6 Å². The standard InChI is InChI=1S/C22H23N5OS/c1-3-4-7-16-10-12-17(13-11-16)23-20(28)14-29-22-21-26-25-15(2)27(21)19-9-6-5-8-18(19)24-22/h5-6,8-13H,3-4,7,14H2,1-2H3,(H,23,28). The van der Waals surface area contributed by atoms with Crippen molar-refractivity contribution in [2.24, 2.45) is 0 Å². The molecule has 29 heavy (non-hydrogen) atoms. The molecule has 1 amide bonds. The lowest BCUT2D eigenvalue weighted by Gasteiger charge is -2.08. The number of anilines is 1. The van der Waals surface area contributed by atoms with E-state index in [0.717, 1.165) is 29.0 Å². The number of fused-ring (bicyclic) bond motifs is 3. The molecule has 0 spiro atoms. The van der Waals surface area contributed by atoms with E-state index >= 15 is 0 Å². The Morgan fingerprint density at radius 2 is 1.90 bits per heavy atom. The number of amides is 1. The molecule has 0 saturated carbocycles. The number of hydrogen-bond acceptors (Lipinski definition) is 5. The first-order valence-electron chi connectivity index (χ1n) is 9.78. The number of unbranched alkanes of at least 4 members (excludes halogenated alkanes) is 1. The maximum atomic E-state index is 12.4. The average Bonchev–Trinajstić information content (AvgIpc) is 3.14. The van der Waals surface area contributed by atoms with Crippen LogP contribution in [0.4, 0.5) is 5.69 Å². The molecule has 2 aromatic carbocycles. The molecule has 0 aliphatic rings. The highest BCUT2D eigenvalue weighted by Crippen LogP contribution is 2.25. The predicted molar refractivity (Wildman–Crippen MR) is 117 cm³/mol. The van der Waals surface area contributed by atoms with Crippen LogP contribution in [0, 0.1) is 6.92 Å².